The Kier molecular flexibility index (Phi) is 5.93. The van der Waals surface area contributed by atoms with E-state index in [1.807, 2.05) is 0 Å². The summed E-state index contributed by atoms with van der Waals surface area (Å²) in [6.07, 6.45) is 9.75. The Morgan fingerprint density at radius 3 is 2.34 bits per heavy atom. The quantitative estimate of drug-likeness (QED) is 0.563. The fourth-order valence-corrected chi connectivity index (χ4v) is 7.85. The molecule has 0 unspecified atom stereocenters. The molecule has 0 aliphatic heterocycles. The molecule has 0 saturated heterocycles. The Labute approximate surface area is 193 Å². The van der Waals surface area contributed by atoms with Crippen LogP contribution in [0.1, 0.15) is 82.2 Å². The van der Waals surface area contributed by atoms with Crippen molar-refractivity contribution in [3.8, 4) is 5.88 Å². The van der Waals surface area contributed by atoms with Gasteiger partial charge in [0.25, 0.3) is 11.8 Å². The van der Waals surface area contributed by atoms with E-state index in [4.69, 9.17) is 15.0 Å². The van der Waals surface area contributed by atoms with Crippen molar-refractivity contribution in [3.05, 3.63) is 5.76 Å². The molecule has 0 atom stereocenters. The summed E-state index contributed by atoms with van der Waals surface area (Å²) in [7, 11) is 0. The molecule has 1 aromatic heterocycles. The summed E-state index contributed by atoms with van der Waals surface area (Å²) in [4.78, 5) is 26.0. The number of rotatable bonds is 8. The van der Waals surface area contributed by atoms with E-state index in [9.17, 15) is 9.59 Å². The minimum absolute atomic E-state index is 0.178. The number of aromatic nitrogens is 1. The molecule has 6 rings (SSSR count). The predicted octanol–water partition coefficient (Wildman–Crippen LogP) is 4.15. The highest BCUT2D eigenvalue weighted by molar-refractivity contribution is 8.00. The molecule has 0 spiro atoms. The lowest BCUT2D eigenvalue weighted by Crippen LogP contribution is -2.55. The number of amides is 2. The number of ether oxygens (including phenoxy) is 1. The SMILES string of the molecule is CC(C)Sc1c(OCC2(C(N)=O)CCCC2)noc1C(=O)NC1C2CC3CC(C2)CC1C3. The Morgan fingerprint density at radius 2 is 1.78 bits per heavy atom. The molecule has 3 N–H and O–H groups in total. The molecule has 5 aliphatic carbocycles. The fraction of sp³-hybridized carbons (Fsp3) is 0.792. The lowest BCUT2D eigenvalue weighted by Gasteiger charge is -2.54. The summed E-state index contributed by atoms with van der Waals surface area (Å²) < 4.78 is 11.5. The van der Waals surface area contributed by atoms with Crippen LogP contribution in [0.4, 0.5) is 0 Å². The molecule has 4 bridgehead atoms. The first-order valence-electron chi connectivity index (χ1n) is 12.2. The first kappa shape index (κ1) is 22.1. The number of nitrogens with zero attached hydrogens (tertiary/aromatic N) is 1. The van der Waals surface area contributed by atoms with E-state index in [1.54, 1.807) is 0 Å². The summed E-state index contributed by atoms with van der Waals surface area (Å²) in [5.41, 5.74) is 5.05. The standard InChI is InChI=1S/C24H35N3O4S/c1-13(2)32-20-19(31-27-22(20)30-12-24(23(25)29)5-3-4-6-24)21(28)26-18-16-8-14-7-15(10-16)11-17(18)9-14/h13-18H,3-12H2,1-2H3,(H2,25,29)(H,26,28). The summed E-state index contributed by atoms with van der Waals surface area (Å²) >= 11 is 1.51. The van der Waals surface area contributed by atoms with Crippen LogP contribution in [-0.2, 0) is 4.79 Å². The van der Waals surface area contributed by atoms with Gasteiger partial charge in [0, 0.05) is 11.3 Å². The highest BCUT2D eigenvalue weighted by Gasteiger charge is 2.49. The molecule has 8 heteroatoms. The van der Waals surface area contributed by atoms with Gasteiger partial charge in [-0.2, -0.15) is 0 Å². The predicted molar refractivity (Wildman–Crippen MR) is 121 cm³/mol. The maximum Gasteiger partial charge on any atom is 0.291 e. The first-order valence-corrected chi connectivity index (χ1v) is 13.1. The number of carbonyl (C=O) groups is 2. The number of nitrogens with one attached hydrogen (secondary N) is 1. The van der Waals surface area contributed by atoms with Crippen molar-refractivity contribution >= 4 is 23.6 Å². The van der Waals surface area contributed by atoms with E-state index in [-0.39, 0.29) is 35.5 Å². The average Bonchev–Trinajstić information content (AvgIpc) is 3.36. The zero-order chi connectivity index (χ0) is 22.5. The third-order valence-corrected chi connectivity index (χ3v) is 9.34. The molecule has 0 aromatic carbocycles. The molecule has 7 nitrogen and oxygen atoms in total. The van der Waals surface area contributed by atoms with Gasteiger partial charge < -0.3 is 20.3 Å². The summed E-state index contributed by atoms with van der Waals surface area (Å²) in [6.45, 7) is 4.29. The minimum Gasteiger partial charge on any atom is -0.474 e. The Hall–Kier alpha value is -1.70. The lowest BCUT2D eigenvalue weighted by molar-refractivity contribution is -0.129. The van der Waals surface area contributed by atoms with Crippen molar-refractivity contribution in [1.82, 2.24) is 10.5 Å². The molecule has 5 saturated carbocycles. The summed E-state index contributed by atoms with van der Waals surface area (Å²) in [6, 6.07) is 0.235. The minimum atomic E-state index is -0.651. The molecule has 176 valence electrons. The molecule has 0 radical (unpaired) electrons. The molecule has 5 fully saturated rings. The Balaban J connectivity index is 1.32. The number of nitrogens with two attached hydrogens (primary N) is 1. The molecule has 5 aliphatic rings. The largest absolute Gasteiger partial charge is 0.474 e. The smallest absolute Gasteiger partial charge is 0.291 e. The number of hydrogen-bond donors (Lipinski definition) is 2. The maximum absolute atomic E-state index is 13.3. The van der Waals surface area contributed by atoms with Crippen molar-refractivity contribution in [3.63, 3.8) is 0 Å². The monoisotopic (exact) mass is 461 g/mol. The van der Waals surface area contributed by atoms with Gasteiger partial charge in [-0.05, 0) is 73.8 Å². The van der Waals surface area contributed by atoms with Gasteiger partial charge in [-0.1, -0.05) is 26.7 Å². The van der Waals surface area contributed by atoms with Gasteiger partial charge in [0.15, 0.2) is 0 Å². The maximum atomic E-state index is 13.3. The van der Waals surface area contributed by atoms with E-state index >= 15 is 0 Å². The fourth-order valence-electron chi connectivity index (χ4n) is 6.94. The highest BCUT2D eigenvalue weighted by Crippen LogP contribution is 2.53. The zero-order valence-electron chi connectivity index (χ0n) is 19.1. The summed E-state index contributed by atoms with van der Waals surface area (Å²) in [5.74, 6) is 2.90. The number of primary amides is 1. The first-order chi connectivity index (χ1) is 15.3. The molecular weight excluding hydrogens is 426 g/mol. The Bertz CT molecular complexity index is 849. The van der Waals surface area contributed by atoms with Crippen LogP contribution in [-0.4, -0.2) is 34.9 Å². The normalized spacial score (nSPS) is 32.4. The Morgan fingerprint density at radius 1 is 1.16 bits per heavy atom. The van der Waals surface area contributed by atoms with Crippen LogP contribution in [0.2, 0.25) is 0 Å². The van der Waals surface area contributed by atoms with Gasteiger partial charge >= 0.3 is 0 Å². The van der Waals surface area contributed by atoms with Gasteiger partial charge in [0.05, 0.1) is 5.41 Å². The highest BCUT2D eigenvalue weighted by atomic mass is 32.2. The van der Waals surface area contributed by atoms with Crippen LogP contribution in [0.25, 0.3) is 0 Å². The molecule has 2 amide bonds. The second kappa shape index (κ2) is 8.58. The topological polar surface area (TPSA) is 107 Å². The van der Waals surface area contributed by atoms with Crippen molar-refractivity contribution < 1.29 is 18.8 Å². The van der Waals surface area contributed by atoms with E-state index < -0.39 is 5.41 Å². The lowest BCUT2D eigenvalue weighted by atomic mass is 9.54. The van der Waals surface area contributed by atoms with Crippen molar-refractivity contribution in [2.45, 2.75) is 87.8 Å². The molecule has 32 heavy (non-hydrogen) atoms. The average molecular weight is 462 g/mol. The van der Waals surface area contributed by atoms with Crippen molar-refractivity contribution in [2.24, 2.45) is 34.8 Å². The number of carbonyl (C=O) groups excluding carboxylic acids is 2. The van der Waals surface area contributed by atoms with Gasteiger partial charge in [0.2, 0.25) is 11.7 Å². The van der Waals surface area contributed by atoms with Crippen molar-refractivity contribution in [2.75, 3.05) is 6.61 Å². The van der Waals surface area contributed by atoms with Crippen LogP contribution in [0, 0.1) is 29.1 Å². The van der Waals surface area contributed by atoms with Crippen LogP contribution >= 0.6 is 11.8 Å². The third-order valence-electron chi connectivity index (χ3n) is 8.27. The van der Waals surface area contributed by atoms with Crippen LogP contribution in [0.15, 0.2) is 9.42 Å². The van der Waals surface area contributed by atoms with E-state index in [0.717, 1.165) is 37.5 Å². The van der Waals surface area contributed by atoms with Crippen LogP contribution < -0.4 is 15.8 Å². The van der Waals surface area contributed by atoms with Gasteiger partial charge in [0.1, 0.15) is 11.5 Å². The molecule has 1 heterocycles. The molecule has 1 aromatic rings. The molecular formula is C24H35N3O4S. The van der Waals surface area contributed by atoms with Gasteiger partial charge in [-0.25, -0.2) is 0 Å². The van der Waals surface area contributed by atoms with Gasteiger partial charge in [-0.3, -0.25) is 9.59 Å². The zero-order valence-corrected chi connectivity index (χ0v) is 19.9. The van der Waals surface area contributed by atoms with Gasteiger partial charge in [-0.15, -0.1) is 11.8 Å². The number of thioether (sulfide) groups is 1. The third kappa shape index (κ3) is 4.03. The summed E-state index contributed by atoms with van der Waals surface area (Å²) in [5, 5.41) is 7.63. The van der Waals surface area contributed by atoms with E-state index in [0.29, 0.717) is 22.6 Å². The van der Waals surface area contributed by atoms with Crippen LogP contribution in [0.3, 0.4) is 0 Å². The number of hydrogen-bond acceptors (Lipinski definition) is 6. The second-order valence-corrected chi connectivity index (χ2v) is 12.5. The van der Waals surface area contributed by atoms with E-state index in [2.05, 4.69) is 24.3 Å². The van der Waals surface area contributed by atoms with E-state index in [1.165, 1.54) is 43.9 Å². The second-order valence-electron chi connectivity index (χ2n) is 10.9. The van der Waals surface area contributed by atoms with Crippen LogP contribution in [0.5, 0.6) is 5.88 Å². The van der Waals surface area contributed by atoms with Crippen molar-refractivity contribution in [1.29, 1.82) is 0 Å².